The Kier molecular flexibility index (Phi) is 6.37. The van der Waals surface area contributed by atoms with Crippen molar-refractivity contribution < 1.29 is 0 Å². The van der Waals surface area contributed by atoms with Crippen LogP contribution in [0.15, 0.2) is 0 Å². The molecule has 1 aliphatic rings. The normalized spacial score (nSPS) is 22.3. The van der Waals surface area contributed by atoms with Gasteiger partial charge in [-0.3, -0.25) is 0 Å². The van der Waals surface area contributed by atoms with Gasteiger partial charge in [-0.05, 0) is 46.2 Å². The number of hydrogen-bond donors (Lipinski definition) is 1. The number of nitrogens with one attached hydrogen (secondary N) is 1. The zero-order valence-electron chi connectivity index (χ0n) is 11.6. The number of nitrogens with zero attached hydrogens (tertiary/aromatic N) is 1. The quantitative estimate of drug-likeness (QED) is 0.749. The van der Waals surface area contributed by atoms with Gasteiger partial charge < -0.3 is 10.2 Å². The average molecular weight is 226 g/mol. The SMILES string of the molecule is CCNC(C)C(C)N(C)CC1CCCCC1. The van der Waals surface area contributed by atoms with Gasteiger partial charge in [-0.25, -0.2) is 0 Å². The van der Waals surface area contributed by atoms with E-state index < -0.39 is 0 Å². The molecule has 1 rings (SSSR count). The van der Waals surface area contributed by atoms with E-state index in [1.807, 2.05) is 0 Å². The summed E-state index contributed by atoms with van der Waals surface area (Å²) in [5.41, 5.74) is 0. The summed E-state index contributed by atoms with van der Waals surface area (Å²) in [6.07, 6.45) is 7.27. The van der Waals surface area contributed by atoms with E-state index in [-0.39, 0.29) is 0 Å². The molecule has 1 N–H and O–H groups in total. The summed E-state index contributed by atoms with van der Waals surface area (Å²) in [6.45, 7) is 9.19. The van der Waals surface area contributed by atoms with Crippen molar-refractivity contribution in [3.05, 3.63) is 0 Å². The molecule has 1 saturated carbocycles. The Hall–Kier alpha value is -0.0800. The van der Waals surface area contributed by atoms with E-state index in [9.17, 15) is 0 Å². The highest BCUT2D eigenvalue weighted by atomic mass is 15.2. The lowest BCUT2D eigenvalue weighted by Gasteiger charge is -2.34. The second-order valence-corrected chi connectivity index (χ2v) is 5.53. The van der Waals surface area contributed by atoms with Gasteiger partial charge in [-0.1, -0.05) is 26.2 Å². The summed E-state index contributed by atoms with van der Waals surface area (Å²) in [5, 5.41) is 3.52. The fraction of sp³-hybridized carbons (Fsp3) is 1.00. The van der Waals surface area contributed by atoms with E-state index >= 15 is 0 Å². The van der Waals surface area contributed by atoms with Gasteiger partial charge in [0.1, 0.15) is 0 Å². The van der Waals surface area contributed by atoms with Gasteiger partial charge in [0.15, 0.2) is 0 Å². The molecule has 0 bridgehead atoms. The zero-order valence-corrected chi connectivity index (χ0v) is 11.6. The van der Waals surface area contributed by atoms with Gasteiger partial charge in [0.05, 0.1) is 0 Å². The van der Waals surface area contributed by atoms with Crippen LogP contribution in [0.5, 0.6) is 0 Å². The third-order valence-electron chi connectivity index (χ3n) is 4.22. The molecule has 0 aromatic carbocycles. The van der Waals surface area contributed by atoms with Crippen molar-refractivity contribution in [2.75, 3.05) is 20.1 Å². The standard InChI is InChI=1S/C14H30N2/c1-5-15-12(2)13(3)16(4)11-14-9-7-6-8-10-14/h12-15H,5-11H2,1-4H3. The second kappa shape index (κ2) is 7.29. The van der Waals surface area contributed by atoms with E-state index in [0.717, 1.165) is 12.5 Å². The maximum absolute atomic E-state index is 3.52. The topological polar surface area (TPSA) is 15.3 Å². The van der Waals surface area contributed by atoms with Crippen LogP contribution >= 0.6 is 0 Å². The van der Waals surface area contributed by atoms with Gasteiger partial charge >= 0.3 is 0 Å². The Bertz CT molecular complexity index is 176. The number of likely N-dealkylation sites (N-methyl/N-ethyl adjacent to an activating group) is 2. The second-order valence-electron chi connectivity index (χ2n) is 5.53. The van der Waals surface area contributed by atoms with E-state index in [2.05, 4.69) is 38.0 Å². The molecule has 0 saturated heterocycles. The van der Waals surface area contributed by atoms with Crippen molar-refractivity contribution in [1.82, 2.24) is 10.2 Å². The molecular weight excluding hydrogens is 196 g/mol. The van der Waals surface area contributed by atoms with Crippen LogP contribution in [-0.4, -0.2) is 37.1 Å². The lowest BCUT2D eigenvalue weighted by molar-refractivity contribution is 0.166. The minimum absolute atomic E-state index is 0.596. The largest absolute Gasteiger partial charge is 0.313 e. The smallest absolute Gasteiger partial charge is 0.0215 e. The molecule has 0 aromatic rings. The first kappa shape index (κ1) is 14.0. The number of hydrogen-bond acceptors (Lipinski definition) is 2. The van der Waals surface area contributed by atoms with Crippen LogP contribution in [-0.2, 0) is 0 Å². The van der Waals surface area contributed by atoms with Crippen molar-refractivity contribution in [1.29, 1.82) is 0 Å². The molecule has 1 fully saturated rings. The van der Waals surface area contributed by atoms with Crippen LogP contribution in [0.4, 0.5) is 0 Å². The summed E-state index contributed by atoms with van der Waals surface area (Å²) in [6, 6.07) is 1.24. The Balaban J connectivity index is 2.29. The predicted octanol–water partition coefficient (Wildman–Crippen LogP) is 2.89. The molecule has 0 radical (unpaired) electrons. The van der Waals surface area contributed by atoms with E-state index in [1.54, 1.807) is 0 Å². The highest BCUT2D eigenvalue weighted by Gasteiger charge is 2.20. The van der Waals surface area contributed by atoms with Crippen molar-refractivity contribution in [2.45, 2.75) is 65.0 Å². The van der Waals surface area contributed by atoms with Gasteiger partial charge in [0.25, 0.3) is 0 Å². The van der Waals surface area contributed by atoms with Crippen LogP contribution in [0.25, 0.3) is 0 Å². The van der Waals surface area contributed by atoms with E-state index in [0.29, 0.717) is 12.1 Å². The first-order valence-corrected chi connectivity index (χ1v) is 7.08. The summed E-state index contributed by atoms with van der Waals surface area (Å²) < 4.78 is 0. The summed E-state index contributed by atoms with van der Waals surface area (Å²) in [4.78, 5) is 2.54. The molecular formula is C14H30N2. The Morgan fingerprint density at radius 3 is 2.38 bits per heavy atom. The van der Waals surface area contributed by atoms with Gasteiger partial charge in [0.2, 0.25) is 0 Å². The van der Waals surface area contributed by atoms with Gasteiger partial charge in [0, 0.05) is 18.6 Å². The lowest BCUT2D eigenvalue weighted by Crippen LogP contribution is -2.46. The third kappa shape index (κ3) is 4.42. The van der Waals surface area contributed by atoms with Crippen LogP contribution in [0.3, 0.4) is 0 Å². The molecule has 2 unspecified atom stereocenters. The summed E-state index contributed by atoms with van der Waals surface area (Å²) >= 11 is 0. The van der Waals surface area contributed by atoms with Crippen LogP contribution in [0.1, 0.15) is 52.9 Å². The monoisotopic (exact) mass is 226 g/mol. The summed E-state index contributed by atoms with van der Waals surface area (Å²) in [5.74, 6) is 0.954. The predicted molar refractivity (Wildman–Crippen MR) is 71.8 cm³/mol. The molecule has 0 heterocycles. The molecule has 1 aliphatic carbocycles. The first-order valence-electron chi connectivity index (χ1n) is 7.08. The maximum atomic E-state index is 3.52. The minimum Gasteiger partial charge on any atom is -0.313 e. The van der Waals surface area contributed by atoms with Crippen LogP contribution < -0.4 is 5.32 Å². The first-order chi connectivity index (χ1) is 7.65. The molecule has 0 aromatic heterocycles. The van der Waals surface area contributed by atoms with Gasteiger partial charge in [-0.2, -0.15) is 0 Å². The zero-order chi connectivity index (χ0) is 12.0. The lowest BCUT2D eigenvalue weighted by atomic mass is 9.88. The van der Waals surface area contributed by atoms with E-state index in [1.165, 1.54) is 38.6 Å². The molecule has 2 heteroatoms. The fourth-order valence-electron chi connectivity index (χ4n) is 2.82. The van der Waals surface area contributed by atoms with Crippen molar-refractivity contribution in [3.8, 4) is 0 Å². The van der Waals surface area contributed by atoms with Crippen molar-refractivity contribution in [2.24, 2.45) is 5.92 Å². The molecule has 2 nitrogen and oxygen atoms in total. The molecule has 96 valence electrons. The Morgan fingerprint density at radius 1 is 1.19 bits per heavy atom. The Morgan fingerprint density at radius 2 is 1.81 bits per heavy atom. The average Bonchev–Trinajstić information content (AvgIpc) is 2.29. The Labute approximate surface area is 102 Å². The van der Waals surface area contributed by atoms with E-state index in [4.69, 9.17) is 0 Å². The fourth-order valence-corrected chi connectivity index (χ4v) is 2.82. The minimum atomic E-state index is 0.596. The van der Waals surface area contributed by atoms with Crippen molar-refractivity contribution >= 4 is 0 Å². The molecule has 0 aliphatic heterocycles. The highest BCUT2D eigenvalue weighted by Crippen LogP contribution is 2.24. The molecule has 2 atom stereocenters. The van der Waals surface area contributed by atoms with Gasteiger partial charge in [-0.15, -0.1) is 0 Å². The molecule has 0 spiro atoms. The summed E-state index contributed by atoms with van der Waals surface area (Å²) in [7, 11) is 2.28. The van der Waals surface area contributed by atoms with Crippen LogP contribution in [0, 0.1) is 5.92 Å². The molecule has 0 amide bonds. The maximum Gasteiger partial charge on any atom is 0.0215 e. The third-order valence-corrected chi connectivity index (χ3v) is 4.22. The number of rotatable bonds is 6. The highest BCUT2D eigenvalue weighted by molar-refractivity contribution is 4.78. The van der Waals surface area contributed by atoms with Crippen molar-refractivity contribution in [3.63, 3.8) is 0 Å². The van der Waals surface area contributed by atoms with Crippen LogP contribution in [0.2, 0.25) is 0 Å². The molecule has 16 heavy (non-hydrogen) atoms.